The largest absolute Gasteiger partial charge is 0.447 e. The van der Waals surface area contributed by atoms with Crippen LogP contribution in [-0.2, 0) is 19.1 Å². The molecule has 0 aliphatic rings. The van der Waals surface area contributed by atoms with Crippen LogP contribution in [0.25, 0.3) is 0 Å². The molecule has 0 aromatic heterocycles. The van der Waals surface area contributed by atoms with E-state index in [9.17, 15) is 18.8 Å². The van der Waals surface area contributed by atoms with Crippen LogP contribution in [0.15, 0.2) is 54.6 Å². The smallest absolute Gasteiger partial charge is 0.308 e. The second-order valence-electron chi connectivity index (χ2n) is 5.51. The van der Waals surface area contributed by atoms with Crippen LogP contribution in [0.3, 0.4) is 0 Å². The van der Waals surface area contributed by atoms with Gasteiger partial charge in [-0.1, -0.05) is 30.3 Å². The summed E-state index contributed by atoms with van der Waals surface area (Å²) in [6, 6.07) is 13.8. The second-order valence-corrected chi connectivity index (χ2v) is 5.51. The molecular formula is C19H19FN2O4. The van der Waals surface area contributed by atoms with Gasteiger partial charge >= 0.3 is 5.97 Å². The highest BCUT2D eigenvalue weighted by atomic mass is 19.1. The minimum atomic E-state index is -1.16. The van der Waals surface area contributed by atoms with E-state index >= 15 is 0 Å². The molecule has 0 bridgehead atoms. The lowest BCUT2D eigenvalue weighted by atomic mass is 10.1. The molecule has 0 saturated carbocycles. The van der Waals surface area contributed by atoms with Gasteiger partial charge in [0.05, 0.1) is 6.42 Å². The lowest BCUT2D eigenvalue weighted by molar-refractivity contribution is -0.154. The SMILES string of the molecule is CC(=O)NCCC(=O)O[C@@H](C(=O)Nc1ccc(F)cc1)c1ccccc1. The number of benzene rings is 2. The van der Waals surface area contributed by atoms with Gasteiger partial charge in [0, 0.05) is 24.7 Å². The monoisotopic (exact) mass is 358 g/mol. The predicted octanol–water partition coefficient (Wildman–Crippen LogP) is 2.57. The van der Waals surface area contributed by atoms with Crippen molar-refractivity contribution in [3.8, 4) is 0 Å². The van der Waals surface area contributed by atoms with E-state index in [4.69, 9.17) is 4.74 Å². The highest BCUT2D eigenvalue weighted by molar-refractivity contribution is 5.96. The van der Waals surface area contributed by atoms with Gasteiger partial charge in [-0.25, -0.2) is 4.39 Å². The number of ether oxygens (including phenoxy) is 1. The first-order valence-corrected chi connectivity index (χ1v) is 8.01. The van der Waals surface area contributed by atoms with E-state index in [2.05, 4.69) is 10.6 Å². The molecule has 26 heavy (non-hydrogen) atoms. The summed E-state index contributed by atoms with van der Waals surface area (Å²) in [5, 5.41) is 5.08. The van der Waals surface area contributed by atoms with E-state index in [0.717, 1.165) is 0 Å². The molecule has 0 saturated heterocycles. The van der Waals surface area contributed by atoms with Crippen molar-refractivity contribution in [1.82, 2.24) is 5.32 Å². The zero-order valence-electron chi connectivity index (χ0n) is 14.2. The number of hydrogen-bond acceptors (Lipinski definition) is 4. The maximum Gasteiger partial charge on any atom is 0.308 e. The van der Waals surface area contributed by atoms with Crippen molar-refractivity contribution in [2.24, 2.45) is 0 Å². The standard InChI is InChI=1S/C19H19FN2O4/c1-13(23)21-12-11-17(24)26-18(14-5-3-2-4-6-14)19(25)22-16-9-7-15(20)8-10-16/h2-10,18H,11-12H2,1H3,(H,21,23)(H,22,25)/t18-/m1/s1. The van der Waals surface area contributed by atoms with Gasteiger partial charge in [0.1, 0.15) is 5.82 Å². The van der Waals surface area contributed by atoms with Gasteiger partial charge in [0.2, 0.25) is 12.0 Å². The summed E-state index contributed by atoms with van der Waals surface area (Å²) >= 11 is 0. The zero-order valence-corrected chi connectivity index (χ0v) is 14.2. The molecular weight excluding hydrogens is 339 g/mol. The molecule has 7 heteroatoms. The molecule has 0 fully saturated rings. The summed E-state index contributed by atoms with van der Waals surface area (Å²) in [7, 11) is 0. The summed E-state index contributed by atoms with van der Waals surface area (Å²) in [6.45, 7) is 1.46. The van der Waals surface area contributed by atoms with E-state index in [1.54, 1.807) is 30.3 Å². The Kier molecular flexibility index (Phi) is 6.84. The maximum absolute atomic E-state index is 13.0. The van der Waals surface area contributed by atoms with E-state index in [-0.39, 0.29) is 18.9 Å². The third-order valence-electron chi connectivity index (χ3n) is 3.40. The number of esters is 1. The van der Waals surface area contributed by atoms with E-state index in [1.807, 2.05) is 0 Å². The first-order chi connectivity index (χ1) is 12.5. The summed E-state index contributed by atoms with van der Waals surface area (Å²) in [5.41, 5.74) is 0.881. The summed E-state index contributed by atoms with van der Waals surface area (Å²) in [6.07, 6.45) is -1.22. The van der Waals surface area contributed by atoms with Crippen molar-refractivity contribution < 1.29 is 23.5 Å². The van der Waals surface area contributed by atoms with Gasteiger partial charge in [-0.2, -0.15) is 0 Å². The molecule has 136 valence electrons. The minimum absolute atomic E-state index is 0.0628. The first kappa shape index (κ1) is 19.1. The molecule has 0 heterocycles. The lowest BCUT2D eigenvalue weighted by Crippen LogP contribution is -2.28. The Bertz CT molecular complexity index is 763. The van der Waals surface area contributed by atoms with Crippen molar-refractivity contribution in [1.29, 1.82) is 0 Å². The number of halogens is 1. The van der Waals surface area contributed by atoms with Crippen LogP contribution >= 0.6 is 0 Å². The molecule has 2 aromatic carbocycles. The van der Waals surface area contributed by atoms with Crippen LogP contribution in [0.5, 0.6) is 0 Å². The van der Waals surface area contributed by atoms with Crippen molar-refractivity contribution in [3.05, 3.63) is 66.0 Å². The van der Waals surface area contributed by atoms with E-state index < -0.39 is 23.8 Å². The van der Waals surface area contributed by atoms with Gasteiger partial charge in [-0.05, 0) is 24.3 Å². The molecule has 0 radical (unpaired) electrons. The Morgan fingerprint density at radius 1 is 1.04 bits per heavy atom. The number of rotatable bonds is 7. The van der Waals surface area contributed by atoms with Gasteiger partial charge in [-0.15, -0.1) is 0 Å². The molecule has 2 N–H and O–H groups in total. The van der Waals surface area contributed by atoms with Crippen LogP contribution in [0.2, 0.25) is 0 Å². The zero-order chi connectivity index (χ0) is 18.9. The Morgan fingerprint density at radius 2 is 1.69 bits per heavy atom. The number of nitrogens with one attached hydrogen (secondary N) is 2. The maximum atomic E-state index is 13.0. The van der Waals surface area contributed by atoms with Gasteiger partial charge in [0.15, 0.2) is 0 Å². The minimum Gasteiger partial charge on any atom is -0.447 e. The molecule has 2 aromatic rings. The molecule has 2 amide bonds. The van der Waals surface area contributed by atoms with Crippen molar-refractivity contribution in [2.75, 3.05) is 11.9 Å². The third-order valence-corrected chi connectivity index (χ3v) is 3.40. The number of hydrogen-bond donors (Lipinski definition) is 2. The summed E-state index contributed by atoms with van der Waals surface area (Å²) in [4.78, 5) is 35.4. The average molecular weight is 358 g/mol. The number of carbonyl (C=O) groups excluding carboxylic acids is 3. The van der Waals surface area contributed by atoms with Crippen LogP contribution in [0, 0.1) is 5.82 Å². The van der Waals surface area contributed by atoms with Crippen molar-refractivity contribution in [2.45, 2.75) is 19.4 Å². The van der Waals surface area contributed by atoms with Gasteiger partial charge < -0.3 is 15.4 Å². The van der Waals surface area contributed by atoms with E-state index in [0.29, 0.717) is 11.3 Å². The molecule has 0 aliphatic heterocycles. The fraction of sp³-hybridized carbons (Fsp3) is 0.211. The Hall–Kier alpha value is -3.22. The molecule has 6 nitrogen and oxygen atoms in total. The lowest BCUT2D eigenvalue weighted by Gasteiger charge is -2.18. The molecule has 1 atom stereocenters. The van der Waals surface area contributed by atoms with Gasteiger partial charge in [0.25, 0.3) is 5.91 Å². The molecule has 0 spiro atoms. The normalized spacial score (nSPS) is 11.3. The van der Waals surface area contributed by atoms with Crippen molar-refractivity contribution in [3.63, 3.8) is 0 Å². The summed E-state index contributed by atoms with van der Waals surface area (Å²) in [5.74, 6) is -1.86. The van der Waals surface area contributed by atoms with Crippen LogP contribution < -0.4 is 10.6 Å². The van der Waals surface area contributed by atoms with Crippen LogP contribution in [0.1, 0.15) is 25.0 Å². The highest BCUT2D eigenvalue weighted by Gasteiger charge is 2.25. The quantitative estimate of drug-likeness (QED) is 0.745. The fourth-order valence-electron chi connectivity index (χ4n) is 2.17. The molecule has 0 unspecified atom stereocenters. The van der Waals surface area contributed by atoms with Crippen LogP contribution in [-0.4, -0.2) is 24.3 Å². The third kappa shape index (κ3) is 6.01. The van der Waals surface area contributed by atoms with E-state index in [1.165, 1.54) is 31.2 Å². The predicted molar refractivity (Wildman–Crippen MR) is 93.6 cm³/mol. The molecule has 2 rings (SSSR count). The Labute approximate surface area is 150 Å². The Balaban J connectivity index is 2.08. The number of carbonyl (C=O) groups is 3. The van der Waals surface area contributed by atoms with Crippen LogP contribution in [0.4, 0.5) is 10.1 Å². The Morgan fingerprint density at radius 3 is 2.31 bits per heavy atom. The highest BCUT2D eigenvalue weighted by Crippen LogP contribution is 2.21. The van der Waals surface area contributed by atoms with Gasteiger partial charge in [-0.3, -0.25) is 14.4 Å². The topological polar surface area (TPSA) is 84.5 Å². The molecule has 0 aliphatic carbocycles. The first-order valence-electron chi connectivity index (χ1n) is 8.01. The average Bonchev–Trinajstić information content (AvgIpc) is 2.62. The number of amides is 2. The number of anilines is 1. The summed E-state index contributed by atoms with van der Waals surface area (Å²) < 4.78 is 18.3. The second kappa shape index (κ2) is 9.31. The fourth-order valence-corrected chi connectivity index (χ4v) is 2.17. The van der Waals surface area contributed by atoms with Crippen molar-refractivity contribution >= 4 is 23.5 Å².